The number of carbonyl (C=O) groups excluding carboxylic acids is 1. The highest BCUT2D eigenvalue weighted by Crippen LogP contribution is 2.30. The molecule has 1 aliphatic heterocycles. The van der Waals surface area contributed by atoms with Crippen molar-refractivity contribution in [1.29, 1.82) is 0 Å². The SMILES string of the molecule is CC(=O)N1CCc2cc(S(=O)(=O)Nc3cn(Cc4ccccc4)nn3)ccc21. The highest BCUT2D eigenvalue weighted by Gasteiger charge is 2.25. The van der Waals surface area contributed by atoms with Crippen molar-refractivity contribution in [2.24, 2.45) is 0 Å². The zero-order chi connectivity index (χ0) is 19.7. The summed E-state index contributed by atoms with van der Waals surface area (Å²) in [6.45, 7) is 2.56. The molecule has 0 saturated heterocycles. The van der Waals surface area contributed by atoms with Gasteiger partial charge < -0.3 is 4.90 Å². The Balaban J connectivity index is 1.52. The van der Waals surface area contributed by atoms with Crippen molar-refractivity contribution in [2.45, 2.75) is 24.8 Å². The van der Waals surface area contributed by atoms with E-state index in [0.29, 0.717) is 19.5 Å². The average Bonchev–Trinajstić information content (AvgIpc) is 3.28. The second-order valence-electron chi connectivity index (χ2n) is 6.60. The third-order valence-corrected chi connectivity index (χ3v) is 5.95. The molecule has 0 aliphatic carbocycles. The van der Waals surface area contributed by atoms with Gasteiger partial charge in [0.1, 0.15) is 0 Å². The summed E-state index contributed by atoms with van der Waals surface area (Å²) in [5.41, 5.74) is 2.64. The monoisotopic (exact) mass is 397 g/mol. The van der Waals surface area contributed by atoms with Crippen LogP contribution in [-0.2, 0) is 27.8 Å². The molecule has 0 fully saturated rings. The number of sulfonamides is 1. The topological polar surface area (TPSA) is 97.2 Å². The molecule has 3 aromatic rings. The Morgan fingerprint density at radius 2 is 1.96 bits per heavy atom. The number of fused-ring (bicyclic) bond motifs is 1. The Hall–Kier alpha value is -3.20. The molecule has 9 heteroatoms. The summed E-state index contributed by atoms with van der Waals surface area (Å²) in [5, 5.41) is 7.87. The minimum absolute atomic E-state index is 0.0532. The molecule has 1 aliphatic rings. The Morgan fingerprint density at radius 3 is 2.71 bits per heavy atom. The number of hydrogen-bond acceptors (Lipinski definition) is 5. The molecule has 0 spiro atoms. The van der Waals surface area contributed by atoms with Gasteiger partial charge in [-0.25, -0.2) is 13.1 Å². The highest BCUT2D eigenvalue weighted by molar-refractivity contribution is 7.92. The first-order valence-electron chi connectivity index (χ1n) is 8.80. The Kier molecular flexibility index (Phi) is 4.60. The molecule has 2 aromatic carbocycles. The zero-order valence-electron chi connectivity index (χ0n) is 15.2. The molecule has 1 aromatic heterocycles. The van der Waals surface area contributed by atoms with Crippen molar-refractivity contribution < 1.29 is 13.2 Å². The molecular weight excluding hydrogens is 378 g/mol. The maximum atomic E-state index is 12.7. The van der Waals surface area contributed by atoms with E-state index in [1.807, 2.05) is 30.3 Å². The number of nitrogens with one attached hydrogen (secondary N) is 1. The van der Waals surface area contributed by atoms with Crippen molar-refractivity contribution >= 4 is 27.4 Å². The van der Waals surface area contributed by atoms with Crippen LogP contribution in [-0.4, -0.2) is 35.9 Å². The number of anilines is 2. The van der Waals surface area contributed by atoms with Gasteiger partial charge >= 0.3 is 0 Å². The first-order valence-corrected chi connectivity index (χ1v) is 10.3. The van der Waals surface area contributed by atoms with E-state index in [2.05, 4.69) is 15.0 Å². The van der Waals surface area contributed by atoms with Gasteiger partial charge in [-0.05, 0) is 35.7 Å². The summed E-state index contributed by atoms with van der Waals surface area (Å²) in [6, 6.07) is 14.5. The fourth-order valence-electron chi connectivity index (χ4n) is 3.26. The van der Waals surface area contributed by atoms with E-state index in [0.717, 1.165) is 16.8 Å². The van der Waals surface area contributed by atoms with Gasteiger partial charge in [0.2, 0.25) is 5.91 Å². The van der Waals surface area contributed by atoms with E-state index < -0.39 is 10.0 Å². The van der Waals surface area contributed by atoms with Crippen LogP contribution in [0.2, 0.25) is 0 Å². The maximum Gasteiger partial charge on any atom is 0.263 e. The van der Waals surface area contributed by atoms with Crippen molar-refractivity contribution in [3.05, 3.63) is 65.9 Å². The number of rotatable bonds is 5. The van der Waals surface area contributed by atoms with E-state index in [1.165, 1.54) is 13.0 Å². The van der Waals surface area contributed by atoms with E-state index in [1.54, 1.807) is 27.9 Å². The minimum Gasteiger partial charge on any atom is -0.312 e. The predicted octanol–water partition coefficient (Wildman–Crippen LogP) is 2.04. The molecule has 1 amide bonds. The molecule has 0 atom stereocenters. The second-order valence-corrected chi connectivity index (χ2v) is 8.29. The van der Waals surface area contributed by atoms with Gasteiger partial charge in [0.15, 0.2) is 5.82 Å². The van der Waals surface area contributed by atoms with Crippen molar-refractivity contribution in [1.82, 2.24) is 15.0 Å². The van der Waals surface area contributed by atoms with Crippen molar-refractivity contribution in [3.63, 3.8) is 0 Å². The standard InChI is InChI=1S/C19H19N5O3S/c1-14(25)24-10-9-16-11-17(7-8-18(16)24)28(26,27)21-19-13-23(22-20-19)12-15-5-3-2-4-6-15/h2-8,11,13,21H,9-10,12H2,1H3. The fraction of sp³-hybridized carbons (Fsp3) is 0.211. The number of hydrogen-bond donors (Lipinski definition) is 1. The Bertz CT molecular complexity index is 1130. The van der Waals surface area contributed by atoms with E-state index in [9.17, 15) is 13.2 Å². The molecule has 2 heterocycles. The van der Waals surface area contributed by atoms with Gasteiger partial charge in [-0.3, -0.25) is 9.52 Å². The smallest absolute Gasteiger partial charge is 0.263 e. The highest BCUT2D eigenvalue weighted by atomic mass is 32.2. The molecule has 0 saturated carbocycles. The minimum atomic E-state index is -3.80. The van der Waals surface area contributed by atoms with Crippen LogP contribution in [0.3, 0.4) is 0 Å². The first-order chi connectivity index (χ1) is 13.4. The van der Waals surface area contributed by atoms with Crippen molar-refractivity contribution in [3.8, 4) is 0 Å². The summed E-state index contributed by atoms with van der Waals surface area (Å²) < 4.78 is 29.5. The van der Waals surface area contributed by atoms with E-state index in [4.69, 9.17) is 0 Å². The summed E-state index contributed by atoms with van der Waals surface area (Å²) in [4.78, 5) is 13.4. The molecule has 0 radical (unpaired) electrons. The molecular formula is C19H19N5O3S. The normalized spacial score (nSPS) is 13.4. The van der Waals surface area contributed by atoms with Crippen LogP contribution in [0.25, 0.3) is 0 Å². The number of aromatic nitrogens is 3. The molecule has 144 valence electrons. The third-order valence-electron chi connectivity index (χ3n) is 4.60. The summed E-state index contributed by atoms with van der Waals surface area (Å²) in [7, 11) is -3.80. The lowest BCUT2D eigenvalue weighted by Crippen LogP contribution is -2.25. The van der Waals surface area contributed by atoms with Crippen LogP contribution in [0.1, 0.15) is 18.1 Å². The molecule has 4 rings (SSSR count). The van der Waals surface area contributed by atoms with E-state index in [-0.39, 0.29) is 16.6 Å². The lowest BCUT2D eigenvalue weighted by molar-refractivity contribution is -0.116. The van der Waals surface area contributed by atoms with E-state index >= 15 is 0 Å². The van der Waals surface area contributed by atoms with Crippen LogP contribution >= 0.6 is 0 Å². The molecule has 0 bridgehead atoms. The fourth-order valence-corrected chi connectivity index (χ4v) is 4.29. The number of amides is 1. The van der Waals surface area contributed by atoms with Gasteiger partial charge in [-0.15, -0.1) is 5.10 Å². The lowest BCUT2D eigenvalue weighted by atomic mass is 10.2. The van der Waals surface area contributed by atoms with Gasteiger partial charge in [-0.1, -0.05) is 35.5 Å². The van der Waals surface area contributed by atoms with Gasteiger partial charge in [0, 0.05) is 19.2 Å². The van der Waals surface area contributed by atoms with Gasteiger partial charge in [-0.2, -0.15) is 0 Å². The summed E-state index contributed by atoms with van der Waals surface area (Å²) in [5.74, 6) is 0.101. The molecule has 8 nitrogen and oxygen atoms in total. The number of nitrogens with zero attached hydrogens (tertiary/aromatic N) is 4. The maximum absolute atomic E-state index is 12.7. The second kappa shape index (κ2) is 7.08. The van der Waals surface area contributed by atoms with Gasteiger partial charge in [0.25, 0.3) is 10.0 Å². The lowest BCUT2D eigenvalue weighted by Gasteiger charge is -2.15. The Morgan fingerprint density at radius 1 is 1.18 bits per heavy atom. The number of benzene rings is 2. The average molecular weight is 397 g/mol. The van der Waals surface area contributed by atoms with Gasteiger partial charge in [0.05, 0.1) is 17.6 Å². The third kappa shape index (κ3) is 3.61. The van der Waals surface area contributed by atoms with Crippen LogP contribution in [0, 0.1) is 0 Å². The zero-order valence-corrected chi connectivity index (χ0v) is 16.1. The molecule has 1 N–H and O–H groups in total. The summed E-state index contributed by atoms with van der Waals surface area (Å²) in [6.07, 6.45) is 2.18. The quantitative estimate of drug-likeness (QED) is 0.711. The van der Waals surface area contributed by atoms with Crippen LogP contribution in [0.5, 0.6) is 0 Å². The van der Waals surface area contributed by atoms with Crippen molar-refractivity contribution in [2.75, 3.05) is 16.2 Å². The van der Waals surface area contributed by atoms with Crippen LogP contribution < -0.4 is 9.62 Å². The number of carbonyl (C=O) groups is 1. The molecule has 28 heavy (non-hydrogen) atoms. The largest absolute Gasteiger partial charge is 0.312 e. The summed E-state index contributed by atoms with van der Waals surface area (Å²) >= 11 is 0. The van der Waals surface area contributed by atoms with Crippen LogP contribution in [0.4, 0.5) is 11.5 Å². The molecule has 0 unspecified atom stereocenters. The first kappa shape index (κ1) is 18.2. The van der Waals surface area contributed by atoms with Crippen LogP contribution in [0.15, 0.2) is 59.6 Å². The Labute approximate surface area is 162 Å². The predicted molar refractivity (Wildman–Crippen MR) is 105 cm³/mol.